The highest BCUT2D eigenvalue weighted by Crippen LogP contribution is 2.19. The number of likely N-dealkylation sites (N-methyl/N-ethyl adjacent to an activating group) is 2. The van der Waals surface area contributed by atoms with E-state index in [-0.39, 0.29) is 0 Å². The zero-order valence-electron chi connectivity index (χ0n) is 10.2. The Morgan fingerprint density at radius 1 is 1.60 bits per heavy atom. The van der Waals surface area contributed by atoms with Crippen LogP contribution in [-0.2, 0) is 4.74 Å². The summed E-state index contributed by atoms with van der Waals surface area (Å²) in [4.78, 5) is 2.49. The first-order valence-corrected chi connectivity index (χ1v) is 6.89. The number of methoxy groups -OCH3 is 1. The molecule has 0 bridgehead atoms. The van der Waals surface area contributed by atoms with Gasteiger partial charge in [0.05, 0.1) is 0 Å². The maximum Gasteiger partial charge on any atom is 0.0462 e. The summed E-state index contributed by atoms with van der Waals surface area (Å²) in [6.45, 7) is 2.10. The van der Waals surface area contributed by atoms with Gasteiger partial charge in [0.1, 0.15) is 0 Å². The molecule has 1 saturated heterocycles. The molecule has 0 aromatic heterocycles. The molecule has 0 aromatic carbocycles. The van der Waals surface area contributed by atoms with Crippen molar-refractivity contribution in [2.75, 3.05) is 45.9 Å². The van der Waals surface area contributed by atoms with Crippen LogP contribution in [0, 0.1) is 0 Å². The topological polar surface area (TPSA) is 24.5 Å². The van der Waals surface area contributed by atoms with E-state index in [0.717, 1.165) is 13.0 Å². The molecule has 0 aromatic rings. The molecule has 0 spiro atoms. The van der Waals surface area contributed by atoms with E-state index in [2.05, 4.69) is 36.1 Å². The Labute approximate surface area is 97.9 Å². The Kier molecular flexibility index (Phi) is 6.64. The van der Waals surface area contributed by atoms with Gasteiger partial charge in [-0.2, -0.15) is 11.8 Å². The minimum absolute atomic E-state index is 0.609. The van der Waals surface area contributed by atoms with Gasteiger partial charge >= 0.3 is 0 Å². The van der Waals surface area contributed by atoms with Crippen LogP contribution in [0.3, 0.4) is 0 Å². The molecule has 90 valence electrons. The molecule has 2 unspecified atom stereocenters. The second-order valence-electron chi connectivity index (χ2n) is 4.15. The fourth-order valence-electron chi connectivity index (χ4n) is 2.11. The molecule has 3 nitrogen and oxygen atoms in total. The van der Waals surface area contributed by atoms with Crippen molar-refractivity contribution in [1.82, 2.24) is 10.2 Å². The molecular formula is C11H24N2OS. The average molecular weight is 232 g/mol. The predicted molar refractivity (Wildman–Crippen MR) is 67.7 cm³/mol. The minimum Gasteiger partial charge on any atom is -0.385 e. The van der Waals surface area contributed by atoms with Gasteiger partial charge in [0, 0.05) is 43.9 Å². The van der Waals surface area contributed by atoms with Gasteiger partial charge in [0.25, 0.3) is 0 Å². The van der Waals surface area contributed by atoms with Gasteiger partial charge < -0.3 is 15.0 Å². The Morgan fingerprint density at radius 2 is 2.40 bits per heavy atom. The highest BCUT2D eigenvalue weighted by Gasteiger charge is 2.26. The molecular weight excluding hydrogens is 208 g/mol. The van der Waals surface area contributed by atoms with Crippen LogP contribution in [0.4, 0.5) is 0 Å². The fraction of sp³-hybridized carbons (Fsp3) is 1.00. The van der Waals surface area contributed by atoms with Crippen LogP contribution < -0.4 is 5.32 Å². The van der Waals surface area contributed by atoms with Crippen molar-refractivity contribution in [2.24, 2.45) is 0 Å². The molecule has 1 rings (SSSR count). The molecule has 0 saturated carbocycles. The van der Waals surface area contributed by atoms with Crippen molar-refractivity contribution in [3.05, 3.63) is 0 Å². The van der Waals surface area contributed by atoms with Crippen LogP contribution in [0.25, 0.3) is 0 Å². The molecule has 0 radical (unpaired) electrons. The van der Waals surface area contributed by atoms with E-state index < -0.39 is 0 Å². The molecule has 1 heterocycles. The van der Waals surface area contributed by atoms with Gasteiger partial charge in [0.2, 0.25) is 0 Å². The van der Waals surface area contributed by atoms with Crippen LogP contribution >= 0.6 is 11.8 Å². The maximum atomic E-state index is 5.10. The third-order valence-corrected chi connectivity index (χ3v) is 4.19. The molecule has 2 atom stereocenters. The van der Waals surface area contributed by atoms with Crippen molar-refractivity contribution in [2.45, 2.75) is 24.9 Å². The Bertz CT molecular complexity index is 169. The second kappa shape index (κ2) is 7.49. The van der Waals surface area contributed by atoms with E-state index in [1.54, 1.807) is 7.11 Å². The Morgan fingerprint density at radius 3 is 3.00 bits per heavy atom. The van der Waals surface area contributed by atoms with Gasteiger partial charge in [-0.1, -0.05) is 0 Å². The minimum atomic E-state index is 0.609. The zero-order chi connectivity index (χ0) is 11.1. The van der Waals surface area contributed by atoms with Crippen LogP contribution in [0.1, 0.15) is 12.8 Å². The highest BCUT2D eigenvalue weighted by molar-refractivity contribution is 7.99. The normalized spacial score (nSPS) is 25.4. The SMILES string of the molecule is CNC(CCCOC)C1CSCCN1C. The molecule has 15 heavy (non-hydrogen) atoms. The number of rotatable bonds is 6. The lowest BCUT2D eigenvalue weighted by Gasteiger charge is -2.37. The van der Waals surface area contributed by atoms with Crippen molar-refractivity contribution in [3.8, 4) is 0 Å². The van der Waals surface area contributed by atoms with Gasteiger partial charge in [-0.25, -0.2) is 0 Å². The van der Waals surface area contributed by atoms with Crippen LogP contribution in [0.5, 0.6) is 0 Å². The van der Waals surface area contributed by atoms with Crippen LogP contribution in [0.15, 0.2) is 0 Å². The number of ether oxygens (including phenoxy) is 1. The lowest BCUT2D eigenvalue weighted by Crippen LogP contribution is -2.51. The third kappa shape index (κ3) is 4.31. The van der Waals surface area contributed by atoms with Crippen molar-refractivity contribution < 1.29 is 4.74 Å². The van der Waals surface area contributed by atoms with E-state index in [4.69, 9.17) is 4.74 Å². The first kappa shape index (κ1) is 13.3. The summed E-state index contributed by atoms with van der Waals surface area (Å²) >= 11 is 2.08. The number of nitrogens with one attached hydrogen (secondary N) is 1. The predicted octanol–water partition coefficient (Wildman–Crippen LogP) is 1.05. The molecule has 0 aliphatic carbocycles. The monoisotopic (exact) mass is 232 g/mol. The van der Waals surface area contributed by atoms with Gasteiger partial charge in [-0.15, -0.1) is 0 Å². The zero-order valence-corrected chi connectivity index (χ0v) is 11.0. The summed E-state index contributed by atoms with van der Waals surface area (Å²) in [5.74, 6) is 2.54. The molecule has 1 aliphatic rings. The molecule has 1 aliphatic heterocycles. The average Bonchev–Trinajstić information content (AvgIpc) is 2.26. The van der Waals surface area contributed by atoms with Gasteiger partial charge in [-0.3, -0.25) is 0 Å². The first-order valence-electron chi connectivity index (χ1n) is 5.73. The lowest BCUT2D eigenvalue weighted by molar-refractivity contribution is 0.171. The van der Waals surface area contributed by atoms with Crippen molar-refractivity contribution in [3.63, 3.8) is 0 Å². The van der Waals surface area contributed by atoms with Crippen LogP contribution in [0.2, 0.25) is 0 Å². The Balaban J connectivity index is 2.34. The van der Waals surface area contributed by atoms with Crippen LogP contribution in [-0.4, -0.2) is 62.8 Å². The number of hydrogen-bond donors (Lipinski definition) is 1. The van der Waals surface area contributed by atoms with E-state index in [0.29, 0.717) is 12.1 Å². The number of nitrogens with zero attached hydrogens (tertiary/aromatic N) is 1. The summed E-state index contributed by atoms with van der Waals surface area (Å²) in [5, 5.41) is 3.45. The third-order valence-electron chi connectivity index (χ3n) is 3.14. The van der Waals surface area contributed by atoms with E-state index >= 15 is 0 Å². The van der Waals surface area contributed by atoms with Gasteiger partial charge in [0.15, 0.2) is 0 Å². The largest absolute Gasteiger partial charge is 0.385 e. The fourth-order valence-corrected chi connectivity index (χ4v) is 3.42. The highest BCUT2D eigenvalue weighted by atomic mass is 32.2. The number of hydrogen-bond acceptors (Lipinski definition) is 4. The van der Waals surface area contributed by atoms with Crippen molar-refractivity contribution >= 4 is 11.8 Å². The number of thioether (sulfide) groups is 1. The second-order valence-corrected chi connectivity index (χ2v) is 5.30. The molecule has 0 amide bonds. The molecule has 4 heteroatoms. The summed E-state index contributed by atoms with van der Waals surface area (Å²) in [5.41, 5.74) is 0. The smallest absolute Gasteiger partial charge is 0.0462 e. The summed E-state index contributed by atoms with van der Waals surface area (Å²) in [6, 6.07) is 1.29. The first-order chi connectivity index (χ1) is 7.29. The summed E-state index contributed by atoms with van der Waals surface area (Å²) in [7, 11) is 6.09. The van der Waals surface area contributed by atoms with E-state index in [1.807, 2.05) is 0 Å². The summed E-state index contributed by atoms with van der Waals surface area (Å²) < 4.78 is 5.10. The van der Waals surface area contributed by atoms with E-state index in [9.17, 15) is 0 Å². The summed E-state index contributed by atoms with van der Waals surface area (Å²) in [6.07, 6.45) is 2.36. The lowest BCUT2D eigenvalue weighted by atomic mass is 10.0. The quantitative estimate of drug-likeness (QED) is 0.692. The maximum absolute atomic E-state index is 5.10. The van der Waals surface area contributed by atoms with Gasteiger partial charge in [-0.05, 0) is 26.9 Å². The molecule has 1 N–H and O–H groups in total. The van der Waals surface area contributed by atoms with Crippen molar-refractivity contribution in [1.29, 1.82) is 0 Å². The Hall–Kier alpha value is 0.230. The van der Waals surface area contributed by atoms with E-state index in [1.165, 1.54) is 24.5 Å². The molecule has 1 fully saturated rings. The standard InChI is InChI=1S/C11H24N2OS/c1-12-10(5-4-7-14-3)11-9-15-8-6-13(11)2/h10-12H,4-9H2,1-3H3.